The van der Waals surface area contributed by atoms with Crippen LogP contribution in [0.25, 0.3) is 0 Å². The van der Waals surface area contributed by atoms with Crippen molar-refractivity contribution in [1.29, 1.82) is 0 Å². The number of hydrogen-bond donors (Lipinski definition) is 2. The van der Waals surface area contributed by atoms with E-state index in [1.807, 2.05) is 18.2 Å². The van der Waals surface area contributed by atoms with Crippen molar-refractivity contribution in [2.45, 2.75) is 38.3 Å². The maximum Gasteiger partial charge on any atom is 0.123 e. The van der Waals surface area contributed by atoms with E-state index in [4.69, 9.17) is 10.5 Å². The molecule has 1 aliphatic heterocycles. The monoisotopic (exact) mass is 292 g/mol. The third-order valence-corrected chi connectivity index (χ3v) is 4.44. The van der Waals surface area contributed by atoms with Crippen molar-refractivity contribution in [2.75, 3.05) is 26.8 Å². The van der Waals surface area contributed by atoms with E-state index in [2.05, 4.69) is 17.9 Å². The highest BCUT2D eigenvalue weighted by Gasteiger charge is 2.30. The highest BCUT2D eigenvalue weighted by molar-refractivity contribution is 5.36. The van der Waals surface area contributed by atoms with Gasteiger partial charge in [-0.15, -0.1) is 0 Å². The summed E-state index contributed by atoms with van der Waals surface area (Å²) in [5, 5.41) is 9.19. The fourth-order valence-electron chi connectivity index (χ4n) is 3.49. The molecule has 3 unspecified atom stereocenters. The number of benzene rings is 1. The molecular formula is C17H28N2O2. The molecule has 0 amide bonds. The van der Waals surface area contributed by atoms with Gasteiger partial charge in [-0.2, -0.15) is 0 Å². The van der Waals surface area contributed by atoms with Gasteiger partial charge in [0.2, 0.25) is 0 Å². The molecule has 2 rings (SSSR count). The van der Waals surface area contributed by atoms with Crippen LogP contribution in [0.3, 0.4) is 0 Å². The summed E-state index contributed by atoms with van der Waals surface area (Å²) < 4.78 is 5.52. The van der Waals surface area contributed by atoms with Crippen LogP contribution < -0.4 is 10.5 Å². The SMILES string of the molecule is COc1ccccc1C(C(C)N)N1CCCC(CCO)C1. The van der Waals surface area contributed by atoms with Gasteiger partial charge in [0.1, 0.15) is 5.75 Å². The minimum Gasteiger partial charge on any atom is -0.496 e. The van der Waals surface area contributed by atoms with Crippen molar-refractivity contribution in [1.82, 2.24) is 4.90 Å². The molecule has 1 aliphatic rings. The topological polar surface area (TPSA) is 58.7 Å². The first-order valence-corrected chi connectivity index (χ1v) is 7.90. The van der Waals surface area contributed by atoms with Gasteiger partial charge in [0.25, 0.3) is 0 Å². The largest absolute Gasteiger partial charge is 0.496 e. The molecule has 1 aromatic rings. The van der Waals surface area contributed by atoms with E-state index >= 15 is 0 Å². The van der Waals surface area contributed by atoms with Crippen molar-refractivity contribution in [2.24, 2.45) is 11.7 Å². The molecule has 1 fully saturated rings. The molecule has 1 heterocycles. The Kier molecular flexibility index (Phi) is 6.03. The summed E-state index contributed by atoms with van der Waals surface area (Å²) >= 11 is 0. The lowest BCUT2D eigenvalue weighted by atomic mass is 9.90. The summed E-state index contributed by atoms with van der Waals surface area (Å²) in [4.78, 5) is 2.46. The van der Waals surface area contributed by atoms with Crippen LogP contribution in [0.5, 0.6) is 5.75 Å². The van der Waals surface area contributed by atoms with E-state index in [9.17, 15) is 5.11 Å². The molecule has 4 nitrogen and oxygen atoms in total. The summed E-state index contributed by atoms with van der Waals surface area (Å²) in [5.41, 5.74) is 7.46. The molecule has 0 aliphatic carbocycles. The van der Waals surface area contributed by atoms with Crippen LogP contribution in [-0.2, 0) is 0 Å². The van der Waals surface area contributed by atoms with Gasteiger partial charge >= 0.3 is 0 Å². The van der Waals surface area contributed by atoms with Gasteiger partial charge < -0.3 is 15.6 Å². The number of aliphatic hydroxyl groups is 1. The predicted octanol–water partition coefficient (Wildman–Crippen LogP) is 2.18. The number of likely N-dealkylation sites (tertiary alicyclic amines) is 1. The van der Waals surface area contributed by atoms with Gasteiger partial charge in [0, 0.05) is 24.8 Å². The minimum atomic E-state index is 0.0363. The molecule has 1 saturated heterocycles. The molecule has 0 aromatic heterocycles. The molecule has 0 bridgehead atoms. The standard InChI is InChI=1S/C17H28N2O2/c1-13(18)17(15-7-3-4-8-16(15)21-2)19-10-5-6-14(12-19)9-11-20/h3-4,7-8,13-14,17,20H,5-6,9-12,18H2,1-2H3. The lowest BCUT2D eigenvalue weighted by Gasteiger charge is -2.40. The van der Waals surface area contributed by atoms with Gasteiger partial charge in [0.05, 0.1) is 13.2 Å². The fraction of sp³-hybridized carbons (Fsp3) is 0.647. The van der Waals surface area contributed by atoms with Crippen LogP contribution in [0, 0.1) is 5.92 Å². The van der Waals surface area contributed by atoms with E-state index in [-0.39, 0.29) is 18.7 Å². The Morgan fingerprint density at radius 1 is 1.43 bits per heavy atom. The zero-order valence-corrected chi connectivity index (χ0v) is 13.2. The lowest BCUT2D eigenvalue weighted by molar-refractivity contribution is 0.0953. The van der Waals surface area contributed by atoms with Gasteiger partial charge in [-0.25, -0.2) is 0 Å². The highest BCUT2D eigenvalue weighted by Crippen LogP contribution is 2.34. The maximum atomic E-state index is 9.19. The first kappa shape index (κ1) is 16.3. The molecule has 0 saturated carbocycles. The Bertz CT molecular complexity index is 435. The van der Waals surface area contributed by atoms with Crippen LogP contribution in [0.4, 0.5) is 0 Å². The number of nitrogens with two attached hydrogens (primary N) is 1. The van der Waals surface area contributed by atoms with E-state index in [1.54, 1.807) is 7.11 Å². The summed E-state index contributed by atoms with van der Waals surface area (Å²) in [5.74, 6) is 1.48. The highest BCUT2D eigenvalue weighted by atomic mass is 16.5. The van der Waals surface area contributed by atoms with E-state index < -0.39 is 0 Å². The van der Waals surface area contributed by atoms with Crippen LogP contribution >= 0.6 is 0 Å². The molecule has 3 N–H and O–H groups in total. The molecule has 0 radical (unpaired) electrons. The first-order chi connectivity index (χ1) is 10.2. The van der Waals surface area contributed by atoms with Crippen molar-refractivity contribution in [3.8, 4) is 5.75 Å². The molecule has 3 atom stereocenters. The number of ether oxygens (including phenoxy) is 1. The van der Waals surface area contributed by atoms with Gasteiger partial charge in [-0.05, 0) is 44.7 Å². The molecule has 1 aromatic carbocycles. The van der Waals surface area contributed by atoms with Crippen LogP contribution in [-0.4, -0.2) is 42.9 Å². The van der Waals surface area contributed by atoms with Crippen molar-refractivity contribution >= 4 is 0 Å². The molecule has 4 heteroatoms. The normalized spacial score (nSPS) is 22.8. The Hall–Kier alpha value is -1.10. The lowest BCUT2D eigenvalue weighted by Crippen LogP contribution is -2.45. The summed E-state index contributed by atoms with van der Waals surface area (Å²) in [6.07, 6.45) is 3.26. The van der Waals surface area contributed by atoms with Crippen molar-refractivity contribution in [3.63, 3.8) is 0 Å². The Morgan fingerprint density at radius 2 is 2.19 bits per heavy atom. The molecule has 21 heavy (non-hydrogen) atoms. The third-order valence-electron chi connectivity index (χ3n) is 4.44. The zero-order valence-electron chi connectivity index (χ0n) is 13.2. The van der Waals surface area contributed by atoms with Crippen molar-refractivity contribution < 1.29 is 9.84 Å². The van der Waals surface area contributed by atoms with E-state index in [0.29, 0.717) is 5.92 Å². The fourth-order valence-corrected chi connectivity index (χ4v) is 3.49. The van der Waals surface area contributed by atoms with E-state index in [1.165, 1.54) is 18.4 Å². The van der Waals surface area contributed by atoms with Crippen LogP contribution in [0.1, 0.15) is 37.8 Å². The van der Waals surface area contributed by atoms with Crippen LogP contribution in [0.2, 0.25) is 0 Å². The van der Waals surface area contributed by atoms with Gasteiger partial charge in [0.15, 0.2) is 0 Å². The second-order valence-corrected chi connectivity index (χ2v) is 6.06. The predicted molar refractivity (Wildman–Crippen MR) is 85.4 cm³/mol. The number of methoxy groups -OCH3 is 1. The zero-order chi connectivity index (χ0) is 15.2. The average Bonchev–Trinajstić information content (AvgIpc) is 2.48. The molecule has 0 spiro atoms. The van der Waals surface area contributed by atoms with E-state index in [0.717, 1.165) is 25.3 Å². The number of nitrogens with zero attached hydrogens (tertiary/aromatic N) is 1. The average molecular weight is 292 g/mol. The summed E-state index contributed by atoms with van der Waals surface area (Å²) in [6, 6.07) is 8.35. The smallest absolute Gasteiger partial charge is 0.123 e. The Labute approximate surface area is 127 Å². The van der Waals surface area contributed by atoms with Gasteiger partial charge in [-0.1, -0.05) is 18.2 Å². The molecular weight excluding hydrogens is 264 g/mol. The quantitative estimate of drug-likeness (QED) is 0.844. The minimum absolute atomic E-state index is 0.0363. The molecule has 118 valence electrons. The number of para-hydroxylation sites is 1. The summed E-state index contributed by atoms with van der Waals surface area (Å²) in [7, 11) is 1.71. The van der Waals surface area contributed by atoms with Crippen molar-refractivity contribution in [3.05, 3.63) is 29.8 Å². The van der Waals surface area contributed by atoms with Gasteiger partial charge in [-0.3, -0.25) is 4.90 Å². The maximum absolute atomic E-state index is 9.19. The third kappa shape index (κ3) is 3.96. The summed E-state index contributed by atoms with van der Waals surface area (Å²) in [6.45, 7) is 4.40. The first-order valence-electron chi connectivity index (χ1n) is 7.90. The Morgan fingerprint density at radius 3 is 2.86 bits per heavy atom. The Balaban J connectivity index is 2.22. The second-order valence-electron chi connectivity index (χ2n) is 6.06. The number of rotatable bonds is 6. The number of aliphatic hydroxyl groups excluding tert-OH is 1. The second kappa shape index (κ2) is 7.78. The number of piperidine rings is 1. The van der Waals surface area contributed by atoms with Crippen LogP contribution in [0.15, 0.2) is 24.3 Å². The number of hydrogen-bond acceptors (Lipinski definition) is 4.